The van der Waals surface area contributed by atoms with Crippen molar-refractivity contribution in [3.05, 3.63) is 0 Å². The Hall–Kier alpha value is 1.52. The minimum atomic E-state index is -0.276. The first-order valence-corrected chi connectivity index (χ1v) is 16.4. The van der Waals surface area contributed by atoms with Gasteiger partial charge in [-0.1, -0.05) is 12.8 Å². The minimum absolute atomic E-state index is 0. The number of hydrogen-bond donors (Lipinski definition) is 0. The van der Waals surface area contributed by atoms with Crippen molar-refractivity contribution in [1.82, 2.24) is 0 Å². The van der Waals surface area contributed by atoms with E-state index >= 15 is 0 Å². The van der Waals surface area contributed by atoms with Crippen LogP contribution in [0.1, 0.15) is 147 Å². The Morgan fingerprint density at radius 2 is 0.581 bits per heavy atom. The van der Waals surface area contributed by atoms with Gasteiger partial charge in [-0.05, 0) is 134 Å². The van der Waals surface area contributed by atoms with E-state index in [2.05, 4.69) is 83.1 Å². The summed E-state index contributed by atoms with van der Waals surface area (Å²) in [6, 6.07) is 0. The van der Waals surface area contributed by atoms with Crippen molar-refractivity contribution in [1.29, 1.82) is 0 Å². The molecule has 0 nitrogen and oxygen atoms in total. The van der Waals surface area contributed by atoms with E-state index in [9.17, 15) is 0 Å². The molecule has 0 N–H and O–H groups in total. The second kappa shape index (κ2) is 13.0. The zero-order valence-electron chi connectivity index (χ0n) is 23.5. The van der Waals surface area contributed by atoms with E-state index in [0.717, 1.165) is 11.3 Å². The first-order valence-electron chi connectivity index (χ1n) is 13.2. The molecule has 31 heavy (non-hydrogen) atoms. The maximum absolute atomic E-state index is 2.47. The molecule has 3 heteroatoms. The maximum atomic E-state index is 2.47. The summed E-state index contributed by atoms with van der Waals surface area (Å²) in [7, 11) is -0.553. The fourth-order valence-electron chi connectivity index (χ4n) is 7.48. The van der Waals surface area contributed by atoms with Crippen molar-refractivity contribution in [2.45, 2.75) is 179 Å². The van der Waals surface area contributed by atoms with Crippen molar-refractivity contribution >= 4 is 15.8 Å². The van der Waals surface area contributed by atoms with Crippen LogP contribution in [0.5, 0.6) is 0 Å². The summed E-state index contributed by atoms with van der Waals surface area (Å²) in [5.74, 6) is 0. The fourth-order valence-corrected chi connectivity index (χ4v) is 18.9. The Morgan fingerprint density at radius 1 is 0.387 bits per heavy atom. The van der Waals surface area contributed by atoms with Crippen LogP contribution in [0, 0.1) is 0 Å². The van der Waals surface area contributed by atoms with E-state index < -0.39 is 0 Å². The molecule has 0 spiro atoms. The van der Waals surface area contributed by atoms with Gasteiger partial charge >= 0.3 is 0 Å². The first kappa shape index (κ1) is 32.5. The summed E-state index contributed by atoms with van der Waals surface area (Å²) in [6.07, 6.45) is 15.0. The van der Waals surface area contributed by atoms with Crippen LogP contribution in [-0.4, -0.2) is 31.9 Å². The van der Waals surface area contributed by atoms with Crippen molar-refractivity contribution in [2.75, 3.05) is 0 Å². The van der Waals surface area contributed by atoms with Crippen LogP contribution in [0.3, 0.4) is 0 Å². The number of rotatable bonds is 2. The van der Waals surface area contributed by atoms with E-state index in [4.69, 9.17) is 0 Å². The third-order valence-electron chi connectivity index (χ3n) is 7.26. The van der Waals surface area contributed by atoms with Gasteiger partial charge in [0.15, 0.2) is 0 Å². The Bertz CT molecular complexity index is 401. The summed E-state index contributed by atoms with van der Waals surface area (Å²) in [4.78, 5) is 0. The molecule has 190 valence electrons. The number of hydrogen-bond acceptors (Lipinski definition) is 0. The molecule has 2 aliphatic rings. The first-order chi connectivity index (χ1) is 13.5. The van der Waals surface area contributed by atoms with Crippen LogP contribution < -0.4 is 0 Å². The topological polar surface area (TPSA) is 0 Å². The van der Waals surface area contributed by atoms with Crippen molar-refractivity contribution in [3.63, 3.8) is 0 Å². The van der Waals surface area contributed by atoms with Crippen LogP contribution in [0.4, 0.5) is 0 Å². The standard InChI is InChI=1S/2C14H29P.Pd/c2*1-13(2,3)15(14(4,5)6)12-10-8-7-9-11-12;/h2*12H,7-11H2,1-6H3;/p+2. The predicted octanol–water partition coefficient (Wildman–Crippen LogP) is 10.3. The zero-order chi connectivity index (χ0) is 23.4. The molecule has 0 atom stereocenters. The third-order valence-corrected chi connectivity index (χ3v) is 16.5. The zero-order valence-corrected chi connectivity index (χ0v) is 27.1. The summed E-state index contributed by atoms with van der Waals surface area (Å²) in [6.45, 7) is 29.7. The van der Waals surface area contributed by atoms with Crippen molar-refractivity contribution in [3.8, 4) is 0 Å². The summed E-state index contributed by atoms with van der Waals surface area (Å²) < 4.78 is 0. The van der Waals surface area contributed by atoms with Gasteiger partial charge in [0.2, 0.25) is 0 Å². The molecule has 2 rings (SSSR count). The van der Waals surface area contributed by atoms with Crippen LogP contribution in [0.2, 0.25) is 0 Å². The van der Waals surface area contributed by atoms with Crippen LogP contribution in [0.25, 0.3) is 0 Å². The van der Waals surface area contributed by atoms with Gasteiger partial charge in [0, 0.05) is 36.3 Å². The van der Waals surface area contributed by atoms with E-state index in [1.54, 1.807) is 0 Å². The summed E-state index contributed by atoms with van der Waals surface area (Å²) >= 11 is 0. The Morgan fingerprint density at radius 3 is 0.742 bits per heavy atom. The molecule has 2 saturated carbocycles. The maximum Gasteiger partial charge on any atom is 0.0701 e. The van der Waals surface area contributed by atoms with Gasteiger partial charge in [0.1, 0.15) is 0 Å². The van der Waals surface area contributed by atoms with Gasteiger partial charge in [-0.2, -0.15) is 0 Å². The van der Waals surface area contributed by atoms with E-state index in [0.29, 0.717) is 20.6 Å². The van der Waals surface area contributed by atoms with Gasteiger partial charge in [-0.3, -0.25) is 0 Å². The summed E-state index contributed by atoms with van der Waals surface area (Å²) in [5.41, 5.74) is 2.15. The van der Waals surface area contributed by atoms with E-state index in [-0.39, 0.29) is 36.3 Å². The Balaban J connectivity index is 0.000000562. The molecule has 0 heterocycles. The van der Waals surface area contributed by atoms with Gasteiger partial charge in [0.25, 0.3) is 0 Å². The SMILES string of the molecule is CC(C)(C)[PH+](C1CCCCC1)C(C)(C)C.CC(C)(C)[PH+](C1CCCCC1)C(C)(C)C.[Pd]. The Labute approximate surface area is 214 Å². The molecule has 0 bridgehead atoms. The molecular formula is C28H60P2Pd+2. The molecule has 0 saturated heterocycles. The quantitative estimate of drug-likeness (QED) is 0.231. The second-order valence-electron chi connectivity index (χ2n) is 14.5. The van der Waals surface area contributed by atoms with Gasteiger partial charge in [-0.25, -0.2) is 0 Å². The van der Waals surface area contributed by atoms with E-state index in [1.165, 1.54) is 64.2 Å². The molecule has 0 aromatic heterocycles. The fraction of sp³-hybridized carbons (Fsp3) is 1.00. The molecule has 0 aromatic carbocycles. The normalized spacial score (nSPS) is 20.3. The minimum Gasteiger partial charge on any atom is -0.0530 e. The smallest absolute Gasteiger partial charge is 0.0530 e. The molecule has 2 aliphatic carbocycles. The van der Waals surface area contributed by atoms with Gasteiger partial charge in [-0.15, -0.1) is 0 Å². The monoisotopic (exact) mass is 564 g/mol. The van der Waals surface area contributed by atoms with Gasteiger partial charge in [0.05, 0.1) is 31.9 Å². The van der Waals surface area contributed by atoms with Crippen molar-refractivity contribution in [2.24, 2.45) is 0 Å². The largest absolute Gasteiger partial charge is 0.0701 e. The second-order valence-corrected chi connectivity index (χ2v) is 23.8. The average molecular weight is 565 g/mol. The van der Waals surface area contributed by atoms with Crippen LogP contribution in [0.15, 0.2) is 0 Å². The molecule has 2 fully saturated rings. The molecule has 0 aliphatic heterocycles. The summed E-state index contributed by atoms with van der Waals surface area (Å²) in [5, 5.41) is 2.24. The predicted molar refractivity (Wildman–Crippen MR) is 149 cm³/mol. The van der Waals surface area contributed by atoms with Crippen LogP contribution in [-0.2, 0) is 20.4 Å². The Kier molecular flexibility index (Phi) is 13.6. The molecule has 0 radical (unpaired) electrons. The molecule has 0 unspecified atom stereocenters. The third kappa shape index (κ3) is 11.2. The van der Waals surface area contributed by atoms with Crippen molar-refractivity contribution < 1.29 is 20.4 Å². The van der Waals surface area contributed by atoms with Gasteiger partial charge < -0.3 is 0 Å². The van der Waals surface area contributed by atoms with E-state index in [1.807, 2.05) is 0 Å². The molecule has 0 amide bonds. The average Bonchev–Trinajstić information content (AvgIpc) is 2.52. The van der Waals surface area contributed by atoms with Crippen LogP contribution >= 0.6 is 15.8 Å². The molecular weight excluding hydrogens is 505 g/mol. The molecule has 0 aromatic rings.